The van der Waals surface area contributed by atoms with Crippen molar-refractivity contribution >= 4 is 39.3 Å². The van der Waals surface area contributed by atoms with E-state index in [1.165, 1.54) is 29.6 Å². The zero-order valence-corrected chi connectivity index (χ0v) is 19.4. The predicted octanol–water partition coefficient (Wildman–Crippen LogP) is 3.42. The summed E-state index contributed by atoms with van der Waals surface area (Å²) >= 11 is 6.15. The predicted molar refractivity (Wildman–Crippen MR) is 123 cm³/mol. The number of methoxy groups -OCH3 is 1. The molecule has 0 atom stereocenters. The van der Waals surface area contributed by atoms with Crippen molar-refractivity contribution < 1.29 is 27.4 Å². The van der Waals surface area contributed by atoms with Crippen molar-refractivity contribution in [3.63, 3.8) is 0 Å². The van der Waals surface area contributed by atoms with Gasteiger partial charge in [0.15, 0.2) is 18.1 Å². The fourth-order valence-corrected chi connectivity index (χ4v) is 5.05. The fourth-order valence-electron chi connectivity index (χ4n) is 3.14. The number of halogens is 1. The largest absolute Gasteiger partial charge is 0.493 e. The summed E-state index contributed by atoms with van der Waals surface area (Å²) in [6.45, 7) is 2.77. The van der Waals surface area contributed by atoms with Crippen molar-refractivity contribution in [2.75, 3.05) is 45.3 Å². The number of ether oxygens (including phenoxy) is 3. The Kier molecular flexibility index (Phi) is 8.14. The lowest BCUT2D eigenvalue weighted by atomic mass is 10.2. The first-order valence-electron chi connectivity index (χ1n) is 9.96. The highest BCUT2D eigenvalue weighted by Crippen LogP contribution is 2.30. The summed E-state index contributed by atoms with van der Waals surface area (Å²) in [4.78, 5) is 12.3. The van der Waals surface area contributed by atoms with E-state index in [0.717, 1.165) is 5.56 Å². The Morgan fingerprint density at radius 1 is 1.19 bits per heavy atom. The second-order valence-electron chi connectivity index (χ2n) is 6.91. The molecule has 32 heavy (non-hydrogen) atoms. The number of nitrogens with one attached hydrogen (secondary N) is 1. The molecule has 2 aromatic rings. The molecule has 0 aliphatic carbocycles. The van der Waals surface area contributed by atoms with Gasteiger partial charge in [-0.05, 0) is 42.8 Å². The lowest BCUT2D eigenvalue weighted by Crippen LogP contribution is -2.40. The van der Waals surface area contributed by atoms with E-state index < -0.39 is 15.9 Å². The van der Waals surface area contributed by atoms with Crippen LogP contribution in [0.1, 0.15) is 12.5 Å². The summed E-state index contributed by atoms with van der Waals surface area (Å²) in [7, 11) is -2.29. The molecule has 1 aliphatic heterocycles. The summed E-state index contributed by atoms with van der Waals surface area (Å²) < 4.78 is 43.3. The average molecular weight is 481 g/mol. The first-order valence-corrected chi connectivity index (χ1v) is 11.8. The van der Waals surface area contributed by atoms with Gasteiger partial charge in [-0.2, -0.15) is 4.31 Å². The number of amides is 1. The molecule has 0 spiro atoms. The molecule has 0 unspecified atom stereocenters. The number of hydrogen-bond acceptors (Lipinski definition) is 6. The van der Waals surface area contributed by atoms with Crippen molar-refractivity contribution in [2.24, 2.45) is 0 Å². The van der Waals surface area contributed by atoms with Crippen LogP contribution in [0.4, 0.5) is 5.69 Å². The summed E-state index contributed by atoms with van der Waals surface area (Å²) in [5, 5.41) is 2.72. The normalized spacial score (nSPS) is 15.0. The molecular weight excluding hydrogens is 456 g/mol. The maximum Gasteiger partial charge on any atom is 0.262 e. The van der Waals surface area contributed by atoms with Crippen molar-refractivity contribution in [1.82, 2.24) is 4.31 Å². The highest BCUT2D eigenvalue weighted by atomic mass is 35.5. The number of benzene rings is 2. The Hall–Kier alpha value is -2.59. The molecule has 1 saturated heterocycles. The number of allylic oxidation sites excluding steroid dienone is 1. The third-order valence-corrected chi connectivity index (χ3v) is 7.09. The maximum absolute atomic E-state index is 12.9. The molecule has 0 bridgehead atoms. The number of morpholine rings is 1. The Balaban J connectivity index is 1.69. The highest BCUT2D eigenvalue weighted by molar-refractivity contribution is 7.89. The number of nitrogens with zero attached hydrogens (tertiary/aromatic N) is 1. The van der Waals surface area contributed by atoms with Crippen LogP contribution in [0.3, 0.4) is 0 Å². The smallest absolute Gasteiger partial charge is 0.262 e. The Labute approximate surface area is 192 Å². The van der Waals surface area contributed by atoms with Crippen molar-refractivity contribution in [1.29, 1.82) is 0 Å². The molecular formula is C22H25ClN2O6S. The molecule has 3 rings (SSSR count). The van der Waals surface area contributed by atoms with Crippen LogP contribution in [0.2, 0.25) is 5.02 Å². The summed E-state index contributed by atoms with van der Waals surface area (Å²) in [5.74, 6) is 0.461. The van der Waals surface area contributed by atoms with Gasteiger partial charge in [0.1, 0.15) is 4.90 Å². The van der Waals surface area contributed by atoms with Gasteiger partial charge in [0.25, 0.3) is 5.91 Å². The first kappa shape index (κ1) is 24.1. The molecule has 2 aromatic carbocycles. The van der Waals surface area contributed by atoms with E-state index in [4.69, 9.17) is 25.8 Å². The third-order valence-electron chi connectivity index (χ3n) is 4.71. The van der Waals surface area contributed by atoms with Crippen molar-refractivity contribution in [2.45, 2.75) is 11.8 Å². The van der Waals surface area contributed by atoms with Crippen LogP contribution in [0.5, 0.6) is 11.5 Å². The molecule has 10 heteroatoms. The summed E-state index contributed by atoms with van der Waals surface area (Å²) in [6.07, 6.45) is 3.82. The van der Waals surface area contributed by atoms with Gasteiger partial charge in [-0.3, -0.25) is 4.79 Å². The second-order valence-corrected chi connectivity index (χ2v) is 9.22. The molecule has 1 aliphatic rings. The van der Waals surface area contributed by atoms with Crippen LogP contribution >= 0.6 is 11.6 Å². The molecule has 0 saturated carbocycles. The van der Waals surface area contributed by atoms with Gasteiger partial charge in [-0.1, -0.05) is 29.8 Å². The second kappa shape index (κ2) is 10.8. The van der Waals surface area contributed by atoms with E-state index in [-0.39, 0.29) is 29.6 Å². The van der Waals surface area contributed by atoms with E-state index in [1.807, 2.05) is 25.1 Å². The SMILES string of the molecule is CC=Cc1ccc(OCC(=O)Nc2ccc(Cl)c(S(=O)(=O)N3CCOCC3)c2)c(OC)c1. The minimum Gasteiger partial charge on any atom is -0.493 e. The monoisotopic (exact) mass is 480 g/mol. The van der Waals surface area contributed by atoms with Gasteiger partial charge in [-0.25, -0.2) is 8.42 Å². The number of carbonyl (C=O) groups is 1. The van der Waals surface area contributed by atoms with E-state index in [2.05, 4.69) is 5.32 Å². The van der Waals surface area contributed by atoms with E-state index in [9.17, 15) is 13.2 Å². The number of hydrogen-bond donors (Lipinski definition) is 1. The topological polar surface area (TPSA) is 94.2 Å². The van der Waals surface area contributed by atoms with Crippen LogP contribution < -0.4 is 14.8 Å². The standard InChI is InChI=1S/C22H25ClN2O6S/c1-3-4-16-5-8-19(20(13-16)29-2)31-15-22(26)24-17-6-7-18(23)21(14-17)32(27,28)25-9-11-30-12-10-25/h3-8,13-14H,9-12,15H2,1-2H3,(H,24,26). The van der Waals surface area contributed by atoms with Crippen molar-refractivity contribution in [3.8, 4) is 11.5 Å². The molecule has 0 radical (unpaired) electrons. The number of sulfonamides is 1. The van der Waals surface area contributed by atoms with Crippen LogP contribution in [-0.2, 0) is 19.6 Å². The molecule has 0 aromatic heterocycles. The Bertz CT molecular complexity index is 1100. The van der Waals surface area contributed by atoms with Crippen LogP contribution in [-0.4, -0.2) is 58.7 Å². The number of rotatable bonds is 8. The molecule has 172 valence electrons. The van der Waals surface area contributed by atoms with Crippen LogP contribution in [0.25, 0.3) is 6.08 Å². The molecule has 1 amide bonds. The lowest BCUT2D eigenvalue weighted by molar-refractivity contribution is -0.118. The van der Waals surface area contributed by atoms with E-state index in [0.29, 0.717) is 30.4 Å². The maximum atomic E-state index is 12.9. The quantitative estimate of drug-likeness (QED) is 0.622. The average Bonchev–Trinajstić information content (AvgIpc) is 2.80. The zero-order valence-electron chi connectivity index (χ0n) is 17.8. The van der Waals surface area contributed by atoms with Gasteiger partial charge in [0.05, 0.1) is 25.3 Å². The molecule has 1 heterocycles. The molecule has 1 fully saturated rings. The molecule has 1 N–H and O–H groups in total. The zero-order chi connectivity index (χ0) is 23.1. The minimum absolute atomic E-state index is 0.0685. The van der Waals surface area contributed by atoms with Crippen molar-refractivity contribution in [3.05, 3.63) is 53.1 Å². The van der Waals surface area contributed by atoms with E-state index >= 15 is 0 Å². The van der Waals surface area contributed by atoms with Gasteiger partial charge >= 0.3 is 0 Å². The Morgan fingerprint density at radius 3 is 2.62 bits per heavy atom. The minimum atomic E-state index is -3.81. The summed E-state index contributed by atoms with van der Waals surface area (Å²) in [5.41, 5.74) is 1.24. The van der Waals surface area contributed by atoms with Gasteiger partial charge in [0.2, 0.25) is 10.0 Å². The van der Waals surface area contributed by atoms with Crippen LogP contribution in [0, 0.1) is 0 Å². The lowest BCUT2D eigenvalue weighted by Gasteiger charge is -2.26. The Morgan fingerprint density at radius 2 is 1.94 bits per heavy atom. The van der Waals surface area contributed by atoms with Gasteiger partial charge in [0, 0.05) is 18.8 Å². The van der Waals surface area contributed by atoms with Crippen LogP contribution in [0.15, 0.2) is 47.4 Å². The van der Waals surface area contributed by atoms with Gasteiger partial charge in [-0.15, -0.1) is 0 Å². The van der Waals surface area contributed by atoms with Gasteiger partial charge < -0.3 is 19.5 Å². The fraction of sp³-hybridized carbons (Fsp3) is 0.318. The summed E-state index contributed by atoms with van der Waals surface area (Å²) in [6, 6.07) is 9.68. The first-order chi connectivity index (χ1) is 15.3. The molecule has 8 nitrogen and oxygen atoms in total. The van der Waals surface area contributed by atoms with E-state index in [1.54, 1.807) is 12.1 Å². The number of carbonyl (C=O) groups excluding carboxylic acids is 1. The number of anilines is 1. The third kappa shape index (κ3) is 5.80. The highest BCUT2D eigenvalue weighted by Gasteiger charge is 2.28.